The highest BCUT2D eigenvalue weighted by Crippen LogP contribution is 2.33. The van der Waals surface area contributed by atoms with E-state index < -0.39 is 5.63 Å². The van der Waals surface area contributed by atoms with Crippen molar-refractivity contribution in [2.75, 3.05) is 20.8 Å². The third-order valence-electron chi connectivity index (χ3n) is 4.15. The van der Waals surface area contributed by atoms with E-state index in [-0.39, 0.29) is 0 Å². The van der Waals surface area contributed by atoms with E-state index in [2.05, 4.69) is 0 Å². The average Bonchev–Trinajstić information content (AvgIpc) is 2.66. The number of rotatable bonds is 6. The van der Waals surface area contributed by atoms with Gasteiger partial charge >= 0.3 is 5.63 Å². The van der Waals surface area contributed by atoms with Crippen LogP contribution >= 0.6 is 0 Å². The lowest BCUT2D eigenvalue weighted by molar-refractivity contribution is 0.361. The van der Waals surface area contributed by atoms with Gasteiger partial charge in [0.1, 0.15) is 29.4 Å². The highest BCUT2D eigenvalue weighted by Gasteiger charge is 2.14. The largest absolute Gasteiger partial charge is 0.497 e. The molecule has 27 heavy (non-hydrogen) atoms. The van der Waals surface area contributed by atoms with Gasteiger partial charge in [-0.15, -0.1) is 0 Å². The number of ether oxygens (including phenoxy) is 3. The smallest absolute Gasteiger partial charge is 0.344 e. The summed E-state index contributed by atoms with van der Waals surface area (Å²) in [4.78, 5) is 12.6. The van der Waals surface area contributed by atoms with E-state index in [4.69, 9.17) is 18.6 Å². The molecule has 3 aromatic rings. The fourth-order valence-corrected chi connectivity index (χ4v) is 2.70. The summed E-state index contributed by atoms with van der Waals surface area (Å²) < 4.78 is 21.9. The fraction of sp³-hybridized carbons (Fsp3) is 0.227. The molecule has 0 spiro atoms. The quantitative estimate of drug-likeness (QED) is 0.462. The average molecular weight is 366 g/mol. The Bertz CT molecular complexity index is 1040. The van der Waals surface area contributed by atoms with Crippen LogP contribution in [0.15, 0.2) is 63.3 Å². The van der Waals surface area contributed by atoms with Crippen LogP contribution in [0.2, 0.25) is 0 Å². The van der Waals surface area contributed by atoms with E-state index in [1.165, 1.54) is 5.57 Å². The topological polar surface area (TPSA) is 57.9 Å². The molecule has 2 aromatic carbocycles. The number of hydrogen-bond acceptors (Lipinski definition) is 5. The first kappa shape index (κ1) is 18.6. The van der Waals surface area contributed by atoms with Gasteiger partial charge in [-0.25, -0.2) is 4.79 Å². The van der Waals surface area contributed by atoms with Crippen molar-refractivity contribution in [2.45, 2.75) is 13.8 Å². The van der Waals surface area contributed by atoms with Crippen molar-refractivity contribution >= 4 is 11.0 Å². The summed E-state index contributed by atoms with van der Waals surface area (Å²) in [6.07, 6.45) is 1.98. The van der Waals surface area contributed by atoms with Gasteiger partial charge in [-0.2, -0.15) is 0 Å². The van der Waals surface area contributed by atoms with E-state index in [0.717, 1.165) is 5.39 Å². The first-order valence-corrected chi connectivity index (χ1v) is 8.58. The van der Waals surface area contributed by atoms with E-state index in [1.54, 1.807) is 44.6 Å². The Kier molecular flexibility index (Phi) is 5.50. The van der Waals surface area contributed by atoms with Gasteiger partial charge in [-0.3, -0.25) is 0 Å². The van der Waals surface area contributed by atoms with Crippen molar-refractivity contribution in [1.29, 1.82) is 0 Å². The van der Waals surface area contributed by atoms with Crippen LogP contribution in [-0.4, -0.2) is 20.8 Å². The first-order chi connectivity index (χ1) is 13.0. The molecule has 0 saturated heterocycles. The molecular weight excluding hydrogens is 344 g/mol. The minimum absolute atomic E-state index is 0.413. The maximum Gasteiger partial charge on any atom is 0.344 e. The second-order valence-electron chi connectivity index (χ2n) is 6.31. The van der Waals surface area contributed by atoms with Crippen molar-refractivity contribution < 1.29 is 18.6 Å². The molecule has 0 amide bonds. The Morgan fingerprint density at radius 2 is 1.74 bits per heavy atom. The highest BCUT2D eigenvalue weighted by atomic mass is 16.5. The Balaban J connectivity index is 2.03. The molecule has 140 valence electrons. The van der Waals surface area contributed by atoms with Crippen molar-refractivity contribution in [3.8, 4) is 28.4 Å². The van der Waals surface area contributed by atoms with Crippen LogP contribution in [0.4, 0.5) is 0 Å². The Morgan fingerprint density at radius 1 is 0.963 bits per heavy atom. The molecule has 0 bridgehead atoms. The zero-order valence-corrected chi connectivity index (χ0v) is 15.9. The lowest BCUT2D eigenvalue weighted by Crippen LogP contribution is -2.04. The lowest BCUT2D eigenvalue weighted by Gasteiger charge is -2.11. The summed E-state index contributed by atoms with van der Waals surface area (Å²) in [6, 6.07) is 12.5. The number of allylic oxidation sites excluding steroid dienone is 1. The molecule has 0 aliphatic rings. The maximum atomic E-state index is 12.6. The molecule has 0 radical (unpaired) electrons. The Labute approximate surface area is 157 Å². The molecule has 0 saturated carbocycles. The van der Waals surface area contributed by atoms with Gasteiger partial charge in [-0.05, 0) is 56.3 Å². The van der Waals surface area contributed by atoms with Gasteiger partial charge in [0.05, 0.1) is 19.8 Å². The second-order valence-corrected chi connectivity index (χ2v) is 6.31. The van der Waals surface area contributed by atoms with Gasteiger partial charge in [-0.1, -0.05) is 5.57 Å². The van der Waals surface area contributed by atoms with Crippen LogP contribution in [0.5, 0.6) is 17.2 Å². The molecule has 1 aromatic heterocycles. The number of hydrogen-bond donors (Lipinski definition) is 0. The van der Waals surface area contributed by atoms with Gasteiger partial charge in [0, 0.05) is 17.0 Å². The second kappa shape index (κ2) is 7.99. The molecule has 3 rings (SSSR count). The molecule has 0 unspecified atom stereocenters. The third kappa shape index (κ3) is 4.14. The van der Waals surface area contributed by atoms with Gasteiger partial charge in [0.2, 0.25) is 0 Å². The number of methoxy groups -OCH3 is 2. The molecule has 0 atom stereocenters. The SMILES string of the molecule is COc1ccc(OC)c(-c2cc3ccc(OCC=C(C)C)cc3oc2=O)c1. The van der Waals surface area contributed by atoms with Crippen LogP contribution in [-0.2, 0) is 0 Å². The number of fused-ring (bicyclic) bond motifs is 1. The van der Waals surface area contributed by atoms with Crippen LogP contribution < -0.4 is 19.8 Å². The summed E-state index contributed by atoms with van der Waals surface area (Å²) >= 11 is 0. The fourth-order valence-electron chi connectivity index (χ4n) is 2.70. The number of benzene rings is 2. The molecule has 0 fully saturated rings. The molecular formula is C22H22O5. The van der Waals surface area contributed by atoms with Gasteiger partial charge < -0.3 is 18.6 Å². The van der Waals surface area contributed by atoms with Crippen molar-refractivity contribution in [2.24, 2.45) is 0 Å². The van der Waals surface area contributed by atoms with Crippen LogP contribution in [0, 0.1) is 0 Å². The summed E-state index contributed by atoms with van der Waals surface area (Å²) in [5, 5.41) is 0.795. The van der Waals surface area contributed by atoms with Crippen LogP contribution in [0.3, 0.4) is 0 Å². The standard InChI is InChI=1S/C22H22O5/c1-14(2)9-10-26-17-6-5-15-11-19(22(23)27-21(15)13-17)18-12-16(24-3)7-8-20(18)25-4/h5-9,11-13H,10H2,1-4H3. The van der Waals surface area contributed by atoms with E-state index >= 15 is 0 Å². The molecule has 5 nitrogen and oxygen atoms in total. The van der Waals surface area contributed by atoms with Crippen LogP contribution in [0.25, 0.3) is 22.1 Å². The minimum atomic E-state index is -0.449. The monoisotopic (exact) mass is 366 g/mol. The molecule has 0 aliphatic heterocycles. The van der Waals surface area contributed by atoms with Crippen molar-refractivity contribution in [3.05, 3.63) is 64.5 Å². The molecule has 1 heterocycles. The summed E-state index contributed by atoms with van der Waals surface area (Å²) in [6.45, 7) is 4.49. The zero-order chi connectivity index (χ0) is 19.4. The van der Waals surface area contributed by atoms with E-state index in [1.807, 2.05) is 32.1 Å². The summed E-state index contributed by atoms with van der Waals surface area (Å²) in [5.41, 5.74) is 2.24. The van der Waals surface area contributed by atoms with E-state index in [0.29, 0.717) is 40.6 Å². The van der Waals surface area contributed by atoms with Gasteiger partial charge in [0.15, 0.2) is 0 Å². The summed E-state index contributed by atoms with van der Waals surface area (Å²) in [7, 11) is 3.13. The van der Waals surface area contributed by atoms with Gasteiger partial charge in [0.25, 0.3) is 0 Å². The van der Waals surface area contributed by atoms with Crippen molar-refractivity contribution in [1.82, 2.24) is 0 Å². The lowest BCUT2D eigenvalue weighted by atomic mass is 10.0. The normalized spacial score (nSPS) is 10.5. The van der Waals surface area contributed by atoms with Crippen LogP contribution in [0.1, 0.15) is 13.8 Å². The predicted molar refractivity (Wildman–Crippen MR) is 106 cm³/mol. The van der Waals surface area contributed by atoms with E-state index in [9.17, 15) is 4.79 Å². The third-order valence-corrected chi connectivity index (χ3v) is 4.15. The Hall–Kier alpha value is -3.21. The molecule has 5 heteroatoms. The Morgan fingerprint density at radius 3 is 2.44 bits per heavy atom. The first-order valence-electron chi connectivity index (χ1n) is 8.58. The summed E-state index contributed by atoms with van der Waals surface area (Å²) in [5.74, 6) is 1.85. The van der Waals surface area contributed by atoms with Crippen molar-refractivity contribution in [3.63, 3.8) is 0 Å². The molecule has 0 aliphatic carbocycles. The molecule has 0 N–H and O–H groups in total. The predicted octanol–water partition coefficient (Wildman–Crippen LogP) is 4.82. The zero-order valence-electron chi connectivity index (χ0n) is 15.9. The highest BCUT2D eigenvalue weighted by molar-refractivity contribution is 5.84. The maximum absolute atomic E-state index is 12.6. The minimum Gasteiger partial charge on any atom is -0.497 e.